The van der Waals surface area contributed by atoms with E-state index in [0.717, 1.165) is 11.1 Å². The van der Waals surface area contributed by atoms with E-state index >= 15 is 0 Å². The van der Waals surface area contributed by atoms with Crippen molar-refractivity contribution >= 4 is 27.9 Å². The summed E-state index contributed by atoms with van der Waals surface area (Å²) in [6, 6.07) is 13.8. The van der Waals surface area contributed by atoms with Crippen molar-refractivity contribution in [3.05, 3.63) is 65.7 Å². The number of aryl methyl sites for hydroxylation is 1. The Morgan fingerprint density at radius 3 is 2.08 bits per heavy atom. The average Bonchev–Trinajstić information content (AvgIpc) is 2.79. The molecule has 2 rings (SSSR count). The van der Waals surface area contributed by atoms with Crippen molar-refractivity contribution in [3.63, 3.8) is 0 Å². The molecule has 10 nitrogen and oxygen atoms in total. The third-order valence-electron chi connectivity index (χ3n) is 4.85. The highest BCUT2D eigenvalue weighted by molar-refractivity contribution is 7.89. The molecule has 5 N–H and O–H groups in total. The summed E-state index contributed by atoms with van der Waals surface area (Å²) in [4.78, 5) is 37.2. The molecule has 0 aliphatic rings. The number of rotatable bonds is 11. The summed E-state index contributed by atoms with van der Waals surface area (Å²) < 4.78 is 28.0. The summed E-state index contributed by atoms with van der Waals surface area (Å²) in [5, 5.41) is 10.6. The fourth-order valence-corrected chi connectivity index (χ4v) is 4.34. The van der Waals surface area contributed by atoms with E-state index in [2.05, 4.69) is 26.0 Å². The largest absolute Gasteiger partial charge is 0.353 e. The van der Waals surface area contributed by atoms with Crippen LogP contribution in [0.1, 0.15) is 38.3 Å². The van der Waals surface area contributed by atoms with E-state index in [1.165, 1.54) is 12.1 Å². The Labute approximate surface area is 212 Å². The number of benzene rings is 2. The minimum Gasteiger partial charge on any atom is -0.353 e. The second-order valence-corrected chi connectivity index (χ2v) is 11.1. The van der Waals surface area contributed by atoms with Gasteiger partial charge in [-0.3, -0.25) is 9.59 Å². The third-order valence-corrected chi connectivity index (χ3v) is 6.34. The van der Waals surface area contributed by atoms with Crippen LogP contribution in [0, 0.1) is 6.92 Å². The van der Waals surface area contributed by atoms with Gasteiger partial charge in [0.15, 0.2) is 0 Å². The zero-order chi connectivity index (χ0) is 26.8. The molecule has 0 heterocycles. The number of hydrogen-bond acceptors (Lipinski definition) is 5. The topological polar surface area (TPSA) is 146 Å². The van der Waals surface area contributed by atoms with E-state index in [0.29, 0.717) is 6.54 Å². The number of carbonyl (C=O) groups is 3. The zero-order valence-electron chi connectivity index (χ0n) is 21.1. The standard InChI is InChI=1S/C25H35N5O5S/c1-18-10-12-20(13-11-18)36(34,35)30-21(16-22(31)29-25(2,3)4)23(32)26-14-15-27-24(33)28-17-19-8-6-5-7-9-19/h5-13,21,30H,14-17H2,1-4H3,(H,26,32)(H,29,31)(H2,27,28,33)/t21-/m0/s1. The molecule has 11 heteroatoms. The Kier molecular flexibility index (Phi) is 10.4. The monoisotopic (exact) mass is 517 g/mol. The van der Waals surface area contributed by atoms with Crippen LogP contribution in [-0.2, 0) is 26.2 Å². The molecule has 36 heavy (non-hydrogen) atoms. The lowest BCUT2D eigenvalue weighted by Crippen LogP contribution is -2.51. The molecule has 0 aromatic heterocycles. The molecule has 1 atom stereocenters. The molecule has 0 saturated heterocycles. The predicted molar refractivity (Wildman–Crippen MR) is 137 cm³/mol. The number of hydrogen-bond donors (Lipinski definition) is 5. The molecule has 0 fully saturated rings. The second kappa shape index (κ2) is 13.0. The Balaban J connectivity index is 1.94. The maximum absolute atomic E-state index is 12.8. The summed E-state index contributed by atoms with van der Waals surface area (Å²) >= 11 is 0. The highest BCUT2D eigenvalue weighted by Gasteiger charge is 2.29. The number of sulfonamides is 1. The average molecular weight is 518 g/mol. The Hall–Kier alpha value is -3.44. The van der Waals surface area contributed by atoms with Crippen LogP contribution in [0.15, 0.2) is 59.5 Å². The fraction of sp³-hybridized carbons (Fsp3) is 0.400. The molecule has 0 radical (unpaired) electrons. The van der Waals surface area contributed by atoms with Crippen LogP contribution in [0.3, 0.4) is 0 Å². The second-order valence-electron chi connectivity index (χ2n) is 9.38. The molecule has 2 aromatic carbocycles. The number of nitrogens with one attached hydrogen (secondary N) is 5. The highest BCUT2D eigenvalue weighted by Crippen LogP contribution is 2.12. The van der Waals surface area contributed by atoms with E-state index in [-0.39, 0.29) is 24.4 Å². The zero-order valence-corrected chi connectivity index (χ0v) is 21.9. The Bertz CT molecular complexity index is 1130. The lowest BCUT2D eigenvalue weighted by molar-refractivity contribution is -0.128. The Morgan fingerprint density at radius 2 is 1.47 bits per heavy atom. The number of urea groups is 1. The van der Waals surface area contributed by atoms with Gasteiger partial charge in [0.25, 0.3) is 0 Å². The summed E-state index contributed by atoms with van der Waals surface area (Å²) in [6.07, 6.45) is -0.390. The molecule has 0 aliphatic carbocycles. The third kappa shape index (κ3) is 10.4. The summed E-state index contributed by atoms with van der Waals surface area (Å²) in [5.41, 5.74) is 1.27. The first-order chi connectivity index (χ1) is 16.9. The highest BCUT2D eigenvalue weighted by atomic mass is 32.2. The van der Waals surface area contributed by atoms with Gasteiger partial charge in [-0.25, -0.2) is 13.2 Å². The van der Waals surface area contributed by atoms with Crippen molar-refractivity contribution in [1.29, 1.82) is 0 Å². The summed E-state index contributed by atoms with van der Waals surface area (Å²) in [5.74, 6) is -1.16. The van der Waals surface area contributed by atoms with Crippen LogP contribution in [0.4, 0.5) is 4.79 Å². The van der Waals surface area contributed by atoms with Gasteiger partial charge < -0.3 is 21.3 Å². The van der Waals surface area contributed by atoms with Crippen LogP contribution >= 0.6 is 0 Å². The van der Waals surface area contributed by atoms with Gasteiger partial charge in [0, 0.05) is 25.2 Å². The lowest BCUT2D eigenvalue weighted by Gasteiger charge is -2.23. The molecule has 0 spiro atoms. The maximum Gasteiger partial charge on any atom is 0.315 e. The van der Waals surface area contributed by atoms with Crippen molar-refractivity contribution in [2.24, 2.45) is 0 Å². The van der Waals surface area contributed by atoms with Crippen LogP contribution < -0.4 is 26.0 Å². The maximum atomic E-state index is 12.8. The number of carbonyl (C=O) groups excluding carboxylic acids is 3. The molecular weight excluding hydrogens is 482 g/mol. The van der Waals surface area contributed by atoms with Gasteiger partial charge in [0.1, 0.15) is 6.04 Å². The fourth-order valence-electron chi connectivity index (χ4n) is 3.14. The van der Waals surface area contributed by atoms with Gasteiger partial charge in [-0.1, -0.05) is 48.0 Å². The van der Waals surface area contributed by atoms with Gasteiger partial charge in [-0.05, 0) is 45.4 Å². The number of amides is 4. The van der Waals surface area contributed by atoms with Gasteiger partial charge in [0.05, 0.1) is 11.3 Å². The quantitative estimate of drug-likeness (QED) is 0.287. The first-order valence-electron chi connectivity index (χ1n) is 11.6. The molecule has 2 aromatic rings. The van der Waals surface area contributed by atoms with Crippen LogP contribution in [0.5, 0.6) is 0 Å². The van der Waals surface area contributed by atoms with E-state index in [1.54, 1.807) is 32.9 Å². The molecule has 0 unspecified atom stereocenters. The van der Waals surface area contributed by atoms with E-state index < -0.39 is 39.4 Å². The lowest BCUT2D eigenvalue weighted by atomic mass is 10.1. The smallest absolute Gasteiger partial charge is 0.315 e. The summed E-state index contributed by atoms with van der Waals surface area (Å²) in [7, 11) is -4.06. The van der Waals surface area contributed by atoms with Gasteiger partial charge in [0.2, 0.25) is 21.8 Å². The Morgan fingerprint density at radius 1 is 0.861 bits per heavy atom. The SMILES string of the molecule is Cc1ccc(S(=O)(=O)N[C@@H](CC(=O)NC(C)(C)C)C(=O)NCCNC(=O)NCc2ccccc2)cc1. The molecule has 0 aliphatic heterocycles. The molecule has 0 saturated carbocycles. The first-order valence-corrected chi connectivity index (χ1v) is 13.1. The minimum atomic E-state index is -4.06. The van der Waals surface area contributed by atoms with E-state index in [1.807, 2.05) is 37.3 Å². The van der Waals surface area contributed by atoms with E-state index in [4.69, 9.17) is 0 Å². The molecule has 196 valence electrons. The van der Waals surface area contributed by atoms with E-state index in [9.17, 15) is 22.8 Å². The molecular formula is C25H35N5O5S. The van der Waals surface area contributed by atoms with Crippen LogP contribution in [-0.4, -0.2) is 50.9 Å². The van der Waals surface area contributed by atoms with Crippen molar-refractivity contribution in [2.45, 2.75) is 57.1 Å². The van der Waals surface area contributed by atoms with Gasteiger partial charge >= 0.3 is 6.03 Å². The van der Waals surface area contributed by atoms with Crippen LogP contribution in [0.2, 0.25) is 0 Å². The normalized spacial score (nSPS) is 12.3. The summed E-state index contributed by atoms with van der Waals surface area (Å²) in [6.45, 7) is 7.68. The van der Waals surface area contributed by atoms with Gasteiger partial charge in [-0.2, -0.15) is 4.72 Å². The van der Waals surface area contributed by atoms with Crippen molar-refractivity contribution < 1.29 is 22.8 Å². The van der Waals surface area contributed by atoms with Crippen molar-refractivity contribution in [1.82, 2.24) is 26.0 Å². The minimum absolute atomic E-state index is 0.0149. The molecule has 0 bridgehead atoms. The van der Waals surface area contributed by atoms with Gasteiger partial charge in [-0.15, -0.1) is 0 Å². The van der Waals surface area contributed by atoms with Crippen molar-refractivity contribution in [2.75, 3.05) is 13.1 Å². The first kappa shape index (κ1) is 28.8. The van der Waals surface area contributed by atoms with Crippen molar-refractivity contribution in [3.8, 4) is 0 Å². The molecule has 4 amide bonds. The predicted octanol–water partition coefficient (Wildman–Crippen LogP) is 1.56. The van der Waals surface area contributed by atoms with Crippen LogP contribution in [0.25, 0.3) is 0 Å².